The Balaban J connectivity index is 1.43. The number of hydrogen-bond donors (Lipinski definition) is 1. The molecule has 0 aliphatic carbocycles. The fraction of sp³-hybridized carbons (Fsp3) is 0.208. The Morgan fingerprint density at radius 3 is 2.74 bits per heavy atom. The van der Waals surface area contributed by atoms with E-state index in [1.807, 2.05) is 30.0 Å². The fourth-order valence-corrected chi connectivity index (χ4v) is 3.72. The summed E-state index contributed by atoms with van der Waals surface area (Å²) in [6, 6.07) is 13.4. The number of rotatable bonds is 5. The van der Waals surface area contributed by atoms with Gasteiger partial charge >= 0.3 is 0 Å². The smallest absolute Gasteiger partial charge is 0.255 e. The van der Waals surface area contributed by atoms with Crippen molar-refractivity contribution in [3.63, 3.8) is 0 Å². The van der Waals surface area contributed by atoms with Crippen LogP contribution >= 0.6 is 0 Å². The number of amides is 1. The predicted octanol–water partition coefficient (Wildman–Crippen LogP) is 3.26. The van der Waals surface area contributed by atoms with E-state index in [0.29, 0.717) is 54.9 Å². The van der Waals surface area contributed by atoms with Crippen LogP contribution in [0.15, 0.2) is 60.9 Å². The number of anilines is 2. The maximum atomic E-state index is 14.4. The maximum absolute atomic E-state index is 14.4. The molecule has 0 saturated carbocycles. The number of carbonyl (C=O) groups is 1. The molecule has 1 aliphatic rings. The van der Waals surface area contributed by atoms with Gasteiger partial charge in [-0.25, -0.2) is 9.37 Å². The van der Waals surface area contributed by atoms with E-state index in [0.717, 1.165) is 5.69 Å². The summed E-state index contributed by atoms with van der Waals surface area (Å²) in [5.74, 6) is -0.536. The lowest BCUT2D eigenvalue weighted by atomic mass is 10.1. The van der Waals surface area contributed by atoms with Crippen LogP contribution in [0.1, 0.15) is 16.1 Å². The van der Waals surface area contributed by atoms with Crippen molar-refractivity contribution in [1.29, 1.82) is 0 Å². The highest BCUT2D eigenvalue weighted by Crippen LogP contribution is 2.24. The summed E-state index contributed by atoms with van der Waals surface area (Å²) in [4.78, 5) is 23.9. The molecule has 3 aromatic heterocycles. The molecule has 1 aliphatic heterocycles. The SMILES string of the molecule is Cc1ccc(NC(=O)c2cc(F)cc(N3CCOCC3)c2)c(-n2cc(-c3ccccn3)nn2)n1. The average molecular weight is 459 g/mol. The highest BCUT2D eigenvalue weighted by molar-refractivity contribution is 6.05. The minimum Gasteiger partial charge on any atom is -0.378 e. The molecule has 9 nitrogen and oxygen atoms in total. The molecule has 1 saturated heterocycles. The first-order valence-corrected chi connectivity index (χ1v) is 10.8. The monoisotopic (exact) mass is 459 g/mol. The fourth-order valence-electron chi connectivity index (χ4n) is 3.72. The molecule has 0 spiro atoms. The summed E-state index contributed by atoms with van der Waals surface area (Å²) in [5.41, 5.74) is 3.25. The van der Waals surface area contributed by atoms with Gasteiger partial charge in [0.15, 0.2) is 5.82 Å². The first-order valence-electron chi connectivity index (χ1n) is 10.8. The Kier molecular flexibility index (Phi) is 5.96. The number of aryl methyl sites for hydroxylation is 1. The topological polar surface area (TPSA) is 98.1 Å². The van der Waals surface area contributed by atoms with Crippen LogP contribution in [0.5, 0.6) is 0 Å². The van der Waals surface area contributed by atoms with Crippen LogP contribution in [-0.2, 0) is 4.74 Å². The van der Waals surface area contributed by atoms with Gasteiger partial charge in [-0.2, -0.15) is 4.68 Å². The van der Waals surface area contributed by atoms with Gasteiger partial charge in [0.25, 0.3) is 5.91 Å². The van der Waals surface area contributed by atoms with E-state index in [4.69, 9.17) is 4.74 Å². The minimum atomic E-state index is -0.479. The molecule has 10 heteroatoms. The Morgan fingerprint density at radius 1 is 1.09 bits per heavy atom. The van der Waals surface area contributed by atoms with E-state index in [-0.39, 0.29) is 5.56 Å². The normalized spacial score (nSPS) is 13.6. The summed E-state index contributed by atoms with van der Waals surface area (Å²) < 4.78 is 21.2. The number of carbonyl (C=O) groups excluding carboxylic acids is 1. The third-order valence-corrected chi connectivity index (χ3v) is 5.42. The molecular weight excluding hydrogens is 437 g/mol. The Bertz CT molecular complexity index is 1320. The largest absolute Gasteiger partial charge is 0.378 e. The van der Waals surface area contributed by atoms with E-state index in [1.54, 1.807) is 30.6 Å². The minimum absolute atomic E-state index is 0.209. The molecule has 34 heavy (non-hydrogen) atoms. The van der Waals surface area contributed by atoms with Crippen molar-refractivity contribution in [2.24, 2.45) is 0 Å². The number of nitrogens with zero attached hydrogens (tertiary/aromatic N) is 6. The van der Waals surface area contributed by atoms with Crippen molar-refractivity contribution in [2.45, 2.75) is 6.92 Å². The van der Waals surface area contributed by atoms with Crippen molar-refractivity contribution in [1.82, 2.24) is 25.0 Å². The Labute approximate surface area is 195 Å². The second-order valence-corrected chi connectivity index (χ2v) is 7.84. The molecule has 0 bridgehead atoms. The van der Waals surface area contributed by atoms with Crippen LogP contribution in [-0.4, -0.2) is 57.2 Å². The summed E-state index contributed by atoms with van der Waals surface area (Å²) in [6.07, 6.45) is 3.37. The highest BCUT2D eigenvalue weighted by atomic mass is 19.1. The lowest BCUT2D eigenvalue weighted by molar-refractivity contribution is 0.102. The van der Waals surface area contributed by atoms with Crippen molar-refractivity contribution in [3.05, 3.63) is 78.0 Å². The molecular formula is C24H22FN7O2. The second kappa shape index (κ2) is 9.36. The van der Waals surface area contributed by atoms with Crippen molar-refractivity contribution in [2.75, 3.05) is 36.5 Å². The molecule has 1 amide bonds. The van der Waals surface area contributed by atoms with Crippen LogP contribution in [0.2, 0.25) is 0 Å². The third-order valence-electron chi connectivity index (χ3n) is 5.42. The lowest BCUT2D eigenvalue weighted by Crippen LogP contribution is -2.36. The summed E-state index contributed by atoms with van der Waals surface area (Å²) in [7, 11) is 0. The van der Waals surface area contributed by atoms with Gasteiger partial charge in [0.1, 0.15) is 11.5 Å². The quantitative estimate of drug-likeness (QED) is 0.489. The zero-order valence-electron chi connectivity index (χ0n) is 18.5. The molecule has 4 heterocycles. The lowest BCUT2D eigenvalue weighted by Gasteiger charge is -2.29. The van der Waals surface area contributed by atoms with Crippen LogP contribution in [0, 0.1) is 12.7 Å². The van der Waals surface area contributed by atoms with Crippen LogP contribution in [0.4, 0.5) is 15.8 Å². The van der Waals surface area contributed by atoms with E-state index in [9.17, 15) is 9.18 Å². The van der Waals surface area contributed by atoms with Gasteiger partial charge in [-0.3, -0.25) is 9.78 Å². The predicted molar refractivity (Wildman–Crippen MR) is 125 cm³/mol. The molecule has 5 rings (SSSR count). The number of morpholine rings is 1. The number of aromatic nitrogens is 5. The number of pyridine rings is 2. The van der Waals surface area contributed by atoms with Gasteiger partial charge in [0, 0.05) is 36.2 Å². The number of nitrogens with one attached hydrogen (secondary N) is 1. The van der Waals surface area contributed by atoms with Crippen LogP contribution < -0.4 is 10.2 Å². The number of halogens is 1. The Hall–Kier alpha value is -4.18. The molecule has 1 aromatic carbocycles. The van der Waals surface area contributed by atoms with E-state index in [2.05, 4.69) is 25.6 Å². The molecule has 0 atom stereocenters. The van der Waals surface area contributed by atoms with Crippen molar-refractivity contribution >= 4 is 17.3 Å². The van der Waals surface area contributed by atoms with E-state index >= 15 is 0 Å². The maximum Gasteiger partial charge on any atom is 0.255 e. The molecule has 1 fully saturated rings. The van der Waals surface area contributed by atoms with E-state index in [1.165, 1.54) is 16.8 Å². The molecule has 4 aromatic rings. The van der Waals surface area contributed by atoms with Crippen LogP contribution in [0.25, 0.3) is 17.2 Å². The molecule has 172 valence electrons. The summed E-state index contributed by atoms with van der Waals surface area (Å²) >= 11 is 0. The van der Waals surface area contributed by atoms with Gasteiger partial charge in [0.05, 0.1) is 30.8 Å². The Morgan fingerprint density at radius 2 is 1.94 bits per heavy atom. The molecule has 1 N–H and O–H groups in total. The first kappa shape index (κ1) is 21.7. The number of hydrogen-bond acceptors (Lipinski definition) is 7. The summed E-state index contributed by atoms with van der Waals surface area (Å²) in [6.45, 7) is 4.25. The molecule has 0 unspecified atom stereocenters. The standard InChI is InChI=1S/C24H22FN7O2/c1-16-5-6-21(23(27-16)32-15-22(29-30-32)20-4-2-3-7-26-20)28-24(33)17-12-18(25)14-19(13-17)31-8-10-34-11-9-31/h2-7,12-15H,8-11H2,1H3,(H,28,33). The third kappa shape index (κ3) is 4.62. The average Bonchev–Trinajstić information content (AvgIpc) is 3.36. The summed E-state index contributed by atoms with van der Waals surface area (Å²) in [5, 5.41) is 11.2. The van der Waals surface area contributed by atoms with E-state index < -0.39 is 11.7 Å². The zero-order chi connectivity index (χ0) is 23.5. The van der Waals surface area contributed by atoms with Gasteiger partial charge in [-0.15, -0.1) is 5.10 Å². The highest BCUT2D eigenvalue weighted by Gasteiger charge is 2.18. The first-order chi connectivity index (χ1) is 16.6. The van der Waals surface area contributed by atoms with Crippen molar-refractivity contribution < 1.29 is 13.9 Å². The second-order valence-electron chi connectivity index (χ2n) is 7.84. The number of ether oxygens (including phenoxy) is 1. The van der Waals surface area contributed by atoms with Gasteiger partial charge in [-0.1, -0.05) is 11.3 Å². The van der Waals surface area contributed by atoms with Gasteiger partial charge in [0.2, 0.25) is 0 Å². The molecule has 0 radical (unpaired) electrons. The zero-order valence-corrected chi connectivity index (χ0v) is 18.5. The number of benzene rings is 1. The van der Waals surface area contributed by atoms with Crippen LogP contribution in [0.3, 0.4) is 0 Å². The van der Waals surface area contributed by atoms with Gasteiger partial charge < -0.3 is 15.0 Å². The van der Waals surface area contributed by atoms with Crippen molar-refractivity contribution in [3.8, 4) is 17.2 Å². The van der Waals surface area contributed by atoms with Gasteiger partial charge in [-0.05, 0) is 49.4 Å².